The van der Waals surface area contributed by atoms with E-state index in [0.29, 0.717) is 11.5 Å². The van der Waals surface area contributed by atoms with Gasteiger partial charge in [-0.3, -0.25) is 4.79 Å². The summed E-state index contributed by atoms with van der Waals surface area (Å²) in [6.45, 7) is 2.44. The van der Waals surface area contributed by atoms with Crippen molar-refractivity contribution in [2.45, 2.75) is 32.6 Å². The first-order valence-corrected chi connectivity index (χ1v) is 7.40. The maximum absolute atomic E-state index is 13.5. The summed E-state index contributed by atoms with van der Waals surface area (Å²) in [5.74, 6) is -0.419. The maximum Gasteiger partial charge on any atom is 0.311 e. The minimum absolute atomic E-state index is 0.0561. The van der Waals surface area contributed by atoms with Gasteiger partial charge in [-0.1, -0.05) is 31.4 Å². The summed E-state index contributed by atoms with van der Waals surface area (Å²) in [6.07, 6.45) is 2.84. The minimum atomic E-state index is -0.573. The van der Waals surface area contributed by atoms with Crippen molar-refractivity contribution < 1.29 is 13.9 Å². The van der Waals surface area contributed by atoms with Gasteiger partial charge in [-0.15, -0.1) is 11.3 Å². The molecule has 0 fully saturated rings. The molecule has 7 heteroatoms. The van der Waals surface area contributed by atoms with Crippen molar-refractivity contribution in [1.82, 2.24) is 0 Å². The van der Waals surface area contributed by atoms with Crippen LogP contribution in [0.4, 0.5) is 10.1 Å². The number of nitrogens with zero attached hydrogens (tertiary/aromatic N) is 1. The topological polar surface area (TPSA) is 38.7 Å². The Labute approximate surface area is 125 Å². The summed E-state index contributed by atoms with van der Waals surface area (Å²) in [6, 6.07) is 0. The number of rotatable bonds is 7. The predicted molar refractivity (Wildman–Crippen MR) is 78.2 cm³/mol. The largest absolute Gasteiger partial charge is 0.465 e. The highest BCUT2D eigenvalue weighted by molar-refractivity contribution is 7.78. The zero-order valence-electron chi connectivity index (χ0n) is 10.4. The Kier molecular flexibility index (Phi) is 7.16. The number of thiocarbonyl (C=S) groups is 1. The third-order valence-corrected chi connectivity index (χ3v) is 3.90. The summed E-state index contributed by atoms with van der Waals surface area (Å²) in [4.78, 5) is 15.5. The van der Waals surface area contributed by atoms with Crippen molar-refractivity contribution in [3.63, 3.8) is 0 Å². The molecule has 0 aliphatic heterocycles. The summed E-state index contributed by atoms with van der Waals surface area (Å²) in [7, 11) is 0. The number of isothiocyanates is 1. The molecule has 19 heavy (non-hydrogen) atoms. The van der Waals surface area contributed by atoms with Crippen molar-refractivity contribution in [2.75, 3.05) is 6.61 Å². The van der Waals surface area contributed by atoms with E-state index in [1.165, 1.54) is 0 Å². The van der Waals surface area contributed by atoms with Gasteiger partial charge in [-0.25, -0.2) is 0 Å². The first-order chi connectivity index (χ1) is 9.10. The second-order valence-corrected chi connectivity index (χ2v) is 5.38. The molecular weight excluding hydrogens is 309 g/mol. The molecule has 0 saturated carbocycles. The fraction of sp³-hybridized carbons (Fsp3) is 0.500. The molecule has 1 heterocycles. The lowest BCUT2D eigenvalue weighted by atomic mass is 10.3. The van der Waals surface area contributed by atoms with Crippen LogP contribution in [0.5, 0.6) is 0 Å². The molecule has 3 nitrogen and oxygen atoms in total. The monoisotopic (exact) mass is 321 g/mol. The molecule has 0 unspecified atom stereocenters. The first-order valence-electron chi connectivity index (χ1n) is 5.80. The van der Waals surface area contributed by atoms with E-state index in [9.17, 15) is 9.18 Å². The van der Waals surface area contributed by atoms with Gasteiger partial charge >= 0.3 is 5.97 Å². The molecule has 0 aromatic carbocycles. The number of carbonyl (C=O) groups is 1. The smallest absolute Gasteiger partial charge is 0.311 e. The van der Waals surface area contributed by atoms with E-state index in [-0.39, 0.29) is 17.1 Å². The van der Waals surface area contributed by atoms with Gasteiger partial charge in [0.15, 0.2) is 0 Å². The highest BCUT2D eigenvalue weighted by Crippen LogP contribution is 2.38. The van der Waals surface area contributed by atoms with Gasteiger partial charge in [-0.05, 0) is 18.6 Å². The van der Waals surface area contributed by atoms with Crippen LogP contribution < -0.4 is 0 Å². The number of thiophene rings is 1. The fourth-order valence-corrected chi connectivity index (χ4v) is 2.68. The Hall–Kier alpha value is -0.810. The Bertz CT molecular complexity index is 498. The molecular formula is C12H13ClFNO2S2. The number of aliphatic imine (C=N–C) groups is 1. The van der Waals surface area contributed by atoms with Gasteiger partial charge in [0.25, 0.3) is 0 Å². The zero-order valence-corrected chi connectivity index (χ0v) is 12.8. The lowest BCUT2D eigenvalue weighted by Crippen LogP contribution is -2.08. The van der Waals surface area contributed by atoms with Crippen molar-refractivity contribution in [3.05, 3.63) is 15.0 Å². The van der Waals surface area contributed by atoms with Crippen LogP contribution in [0, 0.1) is 5.13 Å². The third-order valence-electron chi connectivity index (χ3n) is 2.32. The molecule has 1 aromatic rings. The Morgan fingerprint density at radius 1 is 1.58 bits per heavy atom. The number of unbranched alkanes of at least 4 members (excludes halogenated alkanes) is 2. The standard InChI is InChI=1S/C12H13ClFNO2S2/c1-2-3-4-5-17-9(16)6-8-10(13)11(15-7-18)12(14)19-8/h2-6H2,1H3. The zero-order chi connectivity index (χ0) is 14.3. The Balaban J connectivity index is 2.60. The molecule has 0 aliphatic rings. The van der Waals surface area contributed by atoms with E-state index in [2.05, 4.69) is 29.3 Å². The van der Waals surface area contributed by atoms with Crippen LogP contribution in [0.3, 0.4) is 0 Å². The third kappa shape index (κ3) is 4.99. The van der Waals surface area contributed by atoms with Crippen LogP contribution in [0.25, 0.3) is 0 Å². The second kappa shape index (κ2) is 8.38. The summed E-state index contributed by atoms with van der Waals surface area (Å²) >= 11 is 11.1. The molecule has 0 spiro atoms. The van der Waals surface area contributed by atoms with Crippen LogP contribution in [-0.2, 0) is 16.0 Å². The average Bonchev–Trinajstić information content (AvgIpc) is 2.63. The van der Waals surface area contributed by atoms with Crippen molar-refractivity contribution in [3.8, 4) is 0 Å². The van der Waals surface area contributed by atoms with Crippen LogP contribution in [0.15, 0.2) is 4.99 Å². The molecule has 0 bridgehead atoms. The Morgan fingerprint density at radius 3 is 2.95 bits per heavy atom. The van der Waals surface area contributed by atoms with Crippen molar-refractivity contribution >= 4 is 52.0 Å². The van der Waals surface area contributed by atoms with E-state index in [4.69, 9.17) is 16.3 Å². The van der Waals surface area contributed by atoms with Crippen LogP contribution in [0.1, 0.15) is 31.1 Å². The number of ether oxygens (including phenoxy) is 1. The number of halogens is 2. The molecule has 104 valence electrons. The van der Waals surface area contributed by atoms with Gasteiger partial charge in [-0.2, -0.15) is 9.38 Å². The normalized spacial score (nSPS) is 10.1. The van der Waals surface area contributed by atoms with Gasteiger partial charge in [0.1, 0.15) is 5.69 Å². The SMILES string of the molecule is CCCCCOC(=O)Cc1sc(F)c(N=C=S)c1Cl. The number of hydrogen-bond donors (Lipinski definition) is 0. The molecule has 0 aliphatic carbocycles. The fourth-order valence-electron chi connectivity index (χ4n) is 1.39. The predicted octanol–water partition coefficient (Wildman–Crippen LogP) is 4.55. The van der Waals surface area contributed by atoms with E-state index >= 15 is 0 Å². The quantitative estimate of drug-likeness (QED) is 0.320. The van der Waals surface area contributed by atoms with E-state index < -0.39 is 11.1 Å². The number of carbonyl (C=O) groups excluding carboxylic acids is 1. The summed E-state index contributed by atoms with van der Waals surface area (Å²) < 4.78 is 18.5. The highest BCUT2D eigenvalue weighted by atomic mass is 35.5. The van der Waals surface area contributed by atoms with Gasteiger partial charge in [0.2, 0.25) is 5.13 Å². The van der Waals surface area contributed by atoms with E-state index in [1.807, 2.05) is 0 Å². The summed E-state index contributed by atoms with van der Waals surface area (Å²) in [5.41, 5.74) is -0.0598. The van der Waals surface area contributed by atoms with E-state index in [0.717, 1.165) is 30.6 Å². The lowest BCUT2D eigenvalue weighted by molar-refractivity contribution is -0.142. The summed E-state index contributed by atoms with van der Waals surface area (Å²) in [5, 5.41) is 1.58. The van der Waals surface area contributed by atoms with Crippen LogP contribution in [0.2, 0.25) is 5.02 Å². The number of esters is 1. The van der Waals surface area contributed by atoms with Crippen molar-refractivity contribution in [1.29, 1.82) is 0 Å². The molecule has 0 amide bonds. The second-order valence-electron chi connectivity index (χ2n) is 3.77. The minimum Gasteiger partial charge on any atom is -0.465 e. The molecule has 0 N–H and O–H groups in total. The van der Waals surface area contributed by atoms with Gasteiger partial charge in [0, 0.05) is 4.88 Å². The van der Waals surface area contributed by atoms with Gasteiger partial charge < -0.3 is 4.74 Å². The lowest BCUT2D eigenvalue weighted by Gasteiger charge is -2.03. The van der Waals surface area contributed by atoms with Crippen molar-refractivity contribution in [2.24, 2.45) is 4.99 Å². The molecule has 1 aromatic heterocycles. The van der Waals surface area contributed by atoms with Crippen LogP contribution in [-0.4, -0.2) is 17.7 Å². The van der Waals surface area contributed by atoms with E-state index in [1.54, 1.807) is 0 Å². The molecule has 0 atom stereocenters. The highest BCUT2D eigenvalue weighted by Gasteiger charge is 2.19. The molecule has 1 rings (SSSR count). The average molecular weight is 322 g/mol. The molecule has 0 radical (unpaired) electrons. The maximum atomic E-state index is 13.5. The van der Waals surface area contributed by atoms with Crippen LogP contribution >= 0.6 is 35.2 Å². The van der Waals surface area contributed by atoms with Gasteiger partial charge in [0.05, 0.1) is 23.2 Å². The first kappa shape index (κ1) is 16.2. The molecule has 0 saturated heterocycles. The number of hydrogen-bond acceptors (Lipinski definition) is 5. The Morgan fingerprint density at radius 2 is 2.32 bits per heavy atom.